The number of hydrogen-bond acceptors (Lipinski definition) is 4. The minimum absolute atomic E-state index is 0. The van der Waals surface area contributed by atoms with Crippen molar-refractivity contribution in [3.05, 3.63) is 24.4 Å². The zero-order valence-corrected chi connectivity index (χ0v) is 18.7. The van der Waals surface area contributed by atoms with Crippen molar-refractivity contribution in [3.63, 3.8) is 0 Å². The van der Waals surface area contributed by atoms with Crippen molar-refractivity contribution < 1.29 is 0 Å². The van der Waals surface area contributed by atoms with E-state index in [4.69, 9.17) is 0 Å². The molecule has 0 bridgehead atoms. The highest BCUT2D eigenvalue weighted by Gasteiger charge is 2.24. The summed E-state index contributed by atoms with van der Waals surface area (Å²) in [7, 11) is 1.89. The lowest BCUT2D eigenvalue weighted by atomic mass is 10.1. The highest BCUT2D eigenvalue weighted by molar-refractivity contribution is 14.0. The van der Waals surface area contributed by atoms with Crippen LogP contribution in [0.5, 0.6) is 0 Å². The second kappa shape index (κ2) is 12.6. The molecule has 7 heteroatoms. The van der Waals surface area contributed by atoms with Gasteiger partial charge in [0.2, 0.25) is 0 Å². The van der Waals surface area contributed by atoms with Crippen molar-refractivity contribution in [1.29, 1.82) is 0 Å². The first kappa shape index (κ1) is 22.3. The van der Waals surface area contributed by atoms with Crippen molar-refractivity contribution in [3.8, 4) is 0 Å². The number of anilines is 1. The summed E-state index contributed by atoms with van der Waals surface area (Å²) in [5.41, 5.74) is 0. The van der Waals surface area contributed by atoms with Crippen LogP contribution in [0, 0.1) is 5.92 Å². The molecule has 2 heterocycles. The van der Waals surface area contributed by atoms with Gasteiger partial charge in [-0.05, 0) is 30.9 Å². The predicted molar refractivity (Wildman–Crippen MR) is 121 cm³/mol. The molecule has 1 unspecified atom stereocenters. The molecule has 0 amide bonds. The number of halogens is 1. The third-order valence-electron chi connectivity index (χ3n) is 4.21. The summed E-state index contributed by atoms with van der Waals surface area (Å²) >= 11 is 2.10. The monoisotopic (exact) mass is 477 g/mol. The Morgan fingerprint density at radius 2 is 2.16 bits per heavy atom. The van der Waals surface area contributed by atoms with E-state index in [1.165, 1.54) is 5.75 Å². The molecule has 0 saturated carbocycles. The Kier molecular flexibility index (Phi) is 11.3. The molecule has 1 aromatic rings. The lowest BCUT2D eigenvalue weighted by molar-refractivity contribution is 0.380. The SMILES string of the molecule is CN=C(NCCCCNc1ccccn1)N1CCSC(C(C)C)C1.I. The summed E-state index contributed by atoms with van der Waals surface area (Å²) in [4.78, 5) is 11.1. The number of rotatable bonds is 7. The van der Waals surface area contributed by atoms with Crippen LogP contribution in [0.25, 0.3) is 0 Å². The maximum atomic E-state index is 4.47. The lowest BCUT2D eigenvalue weighted by Gasteiger charge is -2.36. The van der Waals surface area contributed by atoms with Crippen LogP contribution < -0.4 is 10.6 Å². The lowest BCUT2D eigenvalue weighted by Crippen LogP contribution is -2.49. The Morgan fingerprint density at radius 3 is 2.84 bits per heavy atom. The topological polar surface area (TPSA) is 52.6 Å². The first-order chi connectivity index (χ1) is 11.7. The van der Waals surface area contributed by atoms with Gasteiger partial charge in [0, 0.05) is 50.4 Å². The Labute approximate surface area is 173 Å². The van der Waals surface area contributed by atoms with Crippen LogP contribution in [0.3, 0.4) is 0 Å². The molecule has 142 valence electrons. The molecule has 0 aliphatic carbocycles. The van der Waals surface area contributed by atoms with Crippen LogP contribution in [0.2, 0.25) is 0 Å². The van der Waals surface area contributed by atoms with E-state index in [9.17, 15) is 0 Å². The quantitative estimate of drug-likeness (QED) is 0.272. The molecule has 2 N–H and O–H groups in total. The number of pyridine rings is 1. The van der Waals surface area contributed by atoms with Gasteiger partial charge in [0.15, 0.2) is 5.96 Å². The van der Waals surface area contributed by atoms with E-state index in [1.807, 2.05) is 31.4 Å². The van der Waals surface area contributed by atoms with E-state index in [2.05, 4.69) is 51.1 Å². The number of thioether (sulfide) groups is 1. The highest BCUT2D eigenvalue weighted by atomic mass is 127. The van der Waals surface area contributed by atoms with E-state index in [0.717, 1.165) is 50.8 Å². The van der Waals surface area contributed by atoms with Crippen LogP contribution in [-0.2, 0) is 0 Å². The fraction of sp³-hybridized carbons (Fsp3) is 0.667. The maximum absolute atomic E-state index is 4.47. The third kappa shape index (κ3) is 8.02. The number of unbranched alkanes of at least 4 members (excludes halogenated alkanes) is 1. The van der Waals surface area contributed by atoms with Gasteiger partial charge in [-0.3, -0.25) is 4.99 Å². The number of hydrogen-bond donors (Lipinski definition) is 2. The van der Waals surface area contributed by atoms with Gasteiger partial charge in [0.1, 0.15) is 5.82 Å². The standard InChI is InChI=1S/C18H31N5S.HI/c1-15(2)16-14-23(12-13-24-16)18(19-3)22-11-7-6-10-21-17-8-4-5-9-20-17;/h4-5,8-9,15-16H,6-7,10-14H2,1-3H3,(H,19,22)(H,20,21);1H. The van der Waals surface area contributed by atoms with Crippen LogP contribution in [0.1, 0.15) is 26.7 Å². The van der Waals surface area contributed by atoms with Crippen LogP contribution in [0.4, 0.5) is 5.82 Å². The largest absolute Gasteiger partial charge is 0.370 e. The second-order valence-electron chi connectivity index (χ2n) is 6.42. The zero-order valence-electron chi connectivity index (χ0n) is 15.6. The summed E-state index contributed by atoms with van der Waals surface area (Å²) in [6.45, 7) is 8.73. The summed E-state index contributed by atoms with van der Waals surface area (Å²) in [6.07, 6.45) is 4.05. The molecular formula is C18H32IN5S. The van der Waals surface area contributed by atoms with E-state index >= 15 is 0 Å². The van der Waals surface area contributed by atoms with E-state index < -0.39 is 0 Å². The van der Waals surface area contributed by atoms with Gasteiger partial charge >= 0.3 is 0 Å². The van der Waals surface area contributed by atoms with Crippen molar-refractivity contribution in [2.75, 3.05) is 44.3 Å². The molecule has 5 nitrogen and oxygen atoms in total. The average molecular weight is 477 g/mol. The number of aliphatic imine (C=N–C) groups is 1. The van der Waals surface area contributed by atoms with Crippen molar-refractivity contribution in [2.45, 2.75) is 31.9 Å². The van der Waals surface area contributed by atoms with Crippen LogP contribution in [0.15, 0.2) is 29.4 Å². The number of nitrogens with zero attached hydrogens (tertiary/aromatic N) is 3. The fourth-order valence-electron chi connectivity index (χ4n) is 2.74. The zero-order chi connectivity index (χ0) is 17.2. The van der Waals surface area contributed by atoms with Gasteiger partial charge in [-0.15, -0.1) is 24.0 Å². The summed E-state index contributed by atoms with van der Waals surface area (Å²) < 4.78 is 0. The smallest absolute Gasteiger partial charge is 0.193 e. The summed E-state index contributed by atoms with van der Waals surface area (Å²) in [5.74, 6) is 3.91. The van der Waals surface area contributed by atoms with Gasteiger partial charge < -0.3 is 15.5 Å². The van der Waals surface area contributed by atoms with Crippen LogP contribution in [-0.4, -0.2) is 60.1 Å². The van der Waals surface area contributed by atoms with Gasteiger partial charge in [-0.25, -0.2) is 4.98 Å². The van der Waals surface area contributed by atoms with Gasteiger partial charge in [0.25, 0.3) is 0 Å². The molecule has 0 aromatic carbocycles. The first-order valence-electron chi connectivity index (χ1n) is 8.93. The van der Waals surface area contributed by atoms with Gasteiger partial charge in [0.05, 0.1) is 0 Å². The molecular weight excluding hydrogens is 445 g/mol. The molecule has 0 spiro atoms. The minimum Gasteiger partial charge on any atom is -0.370 e. The Morgan fingerprint density at radius 1 is 1.36 bits per heavy atom. The Bertz CT molecular complexity index is 497. The van der Waals surface area contributed by atoms with Crippen molar-refractivity contribution >= 4 is 47.5 Å². The fourth-order valence-corrected chi connectivity index (χ4v) is 4.04. The molecule has 1 fully saturated rings. The molecule has 25 heavy (non-hydrogen) atoms. The molecule has 1 atom stereocenters. The maximum Gasteiger partial charge on any atom is 0.193 e. The first-order valence-corrected chi connectivity index (χ1v) is 9.97. The van der Waals surface area contributed by atoms with E-state index in [-0.39, 0.29) is 24.0 Å². The van der Waals surface area contributed by atoms with Crippen LogP contribution >= 0.6 is 35.7 Å². The number of aromatic nitrogens is 1. The van der Waals surface area contributed by atoms with Gasteiger partial charge in [-0.1, -0.05) is 19.9 Å². The van der Waals surface area contributed by atoms with E-state index in [1.54, 1.807) is 0 Å². The molecule has 1 saturated heterocycles. The Balaban J connectivity index is 0.00000312. The molecule has 1 aromatic heterocycles. The third-order valence-corrected chi connectivity index (χ3v) is 5.75. The number of guanidine groups is 1. The van der Waals surface area contributed by atoms with Crippen molar-refractivity contribution in [1.82, 2.24) is 15.2 Å². The molecule has 1 aliphatic heterocycles. The van der Waals surface area contributed by atoms with Crippen molar-refractivity contribution in [2.24, 2.45) is 10.9 Å². The molecule has 1 aliphatic rings. The molecule has 0 radical (unpaired) electrons. The molecule has 2 rings (SSSR count). The van der Waals surface area contributed by atoms with E-state index in [0.29, 0.717) is 11.2 Å². The highest BCUT2D eigenvalue weighted by Crippen LogP contribution is 2.24. The summed E-state index contributed by atoms with van der Waals surface area (Å²) in [6, 6.07) is 5.94. The average Bonchev–Trinajstić information content (AvgIpc) is 2.62. The predicted octanol–water partition coefficient (Wildman–Crippen LogP) is 3.54. The minimum atomic E-state index is 0. The second-order valence-corrected chi connectivity index (χ2v) is 7.77. The Hall–Kier alpha value is -0.700. The summed E-state index contributed by atoms with van der Waals surface area (Å²) in [5, 5.41) is 7.57. The van der Waals surface area contributed by atoms with Gasteiger partial charge in [-0.2, -0.15) is 11.8 Å². The normalized spacial score (nSPS) is 18.0. The number of nitrogens with one attached hydrogen (secondary N) is 2.